The predicted molar refractivity (Wildman–Crippen MR) is 154 cm³/mol. The van der Waals surface area contributed by atoms with E-state index in [4.69, 9.17) is 21.1 Å². The molecule has 0 bridgehead atoms. The lowest BCUT2D eigenvalue weighted by atomic mass is 9.94. The quantitative estimate of drug-likeness (QED) is 0.0931. The summed E-state index contributed by atoms with van der Waals surface area (Å²) in [5, 5.41) is 20.9. The Kier molecular flexibility index (Phi) is 7.22. The van der Waals surface area contributed by atoms with Gasteiger partial charge in [-0.15, -0.1) is 10.2 Å². The second-order valence-corrected chi connectivity index (χ2v) is 11.8. The molecule has 3 heterocycles. The molecule has 8 nitrogen and oxygen atoms in total. The average Bonchev–Trinajstić information content (AvgIpc) is 3.54. The molecule has 1 aromatic heterocycles. The van der Waals surface area contributed by atoms with Gasteiger partial charge in [0.25, 0.3) is 5.78 Å². The van der Waals surface area contributed by atoms with Gasteiger partial charge in [-0.05, 0) is 48.4 Å². The summed E-state index contributed by atoms with van der Waals surface area (Å²) in [6.07, 6.45) is 0. The number of halogens is 1. The van der Waals surface area contributed by atoms with Crippen molar-refractivity contribution in [1.29, 1.82) is 0 Å². The number of amides is 1. The van der Waals surface area contributed by atoms with E-state index in [1.165, 1.54) is 28.0 Å². The molecule has 2 aliphatic heterocycles. The van der Waals surface area contributed by atoms with E-state index in [9.17, 15) is 14.7 Å². The third-order valence-electron chi connectivity index (χ3n) is 6.53. The first-order valence-corrected chi connectivity index (χ1v) is 14.6. The van der Waals surface area contributed by atoms with Crippen LogP contribution in [0.5, 0.6) is 11.5 Å². The minimum Gasteiger partial charge on any atom is -0.507 e. The number of nitrogens with zero attached hydrogens (tertiary/aromatic N) is 3. The molecule has 1 fully saturated rings. The van der Waals surface area contributed by atoms with Crippen LogP contribution in [0.15, 0.2) is 76.6 Å². The fourth-order valence-corrected chi connectivity index (χ4v) is 6.47. The molecular formula is C29H22ClN3O5S2. The van der Waals surface area contributed by atoms with E-state index in [0.717, 1.165) is 11.1 Å². The van der Waals surface area contributed by atoms with Gasteiger partial charge in [-0.3, -0.25) is 14.5 Å². The van der Waals surface area contributed by atoms with Gasteiger partial charge >= 0.3 is 5.91 Å². The van der Waals surface area contributed by atoms with Crippen molar-refractivity contribution in [2.45, 2.75) is 23.1 Å². The maximum absolute atomic E-state index is 13.5. The number of carbonyl (C=O) groups excluding carboxylic acids is 2. The summed E-state index contributed by atoms with van der Waals surface area (Å²) in [7, 11) is 0. The monoisotopic (exact) mass is 591 g/mol. The fraction of sp³-hybridized carbons (Fsp3) is 0.172. The van der Waals surface area contributed by atoms with Crippen LogP contribution in [0, 0.1) is 6.92 Å². The van der Waals surface area contributed by atoms with Crippen molar-refractivity contribution in [2.75, 3.05) is 18.1 Å². The SMILES string of the molecule is Cc1ccc(C2/C(=C(\O)c3ccc4c(c3)OCCO4)C(=O)C(=O)N2c2nnc(SCc3ccc(Cl)cc3)s2)cc1. The summed E-state index contributed by atoms with van der Waals surface area (Å²) >= 11 is 8.67. The van der Waals surface area contributed by atoms with Gasteiger partial charge in [-0.2, -0.15) is 0 Å². The van der Waals surface area contributed by atoms with Gasteiger partial charge in [0.05, 0.1) is 11.6 Å². The number of aliphatic hydroxyl groups is 1. The lowest BCUT2D eigenvalue weighted by Crippen LogP contribution is -2.29. The van der Waals surface area contributed by atoms with Crippen LogP contribution in [0.4, 0.5) is 5.13 Å². The maximum atomic E-state index is 13.5. The average molecular weight is 592 g/mol. The molecule has 0 aliphatic carbocycles. The standard InChI is InChI=1S/C29H22ClN3O5S2/c1-16-2-6-18(7-3-16)24-23(25(34)19-8-11-21-22(14-19)38-13-12-37-21)26(35)27(36)33(24)28-31-32-29(40-28)39-15-17-4-9-20(30)10-5-17/h2-11,14,24,34H,12-13,15H2,1H3/b25-23+. The molecular weight excluding hydrogens is 570 g/mol. The Balaban J connectivity index is 1.38. The van der Waals surface area contributed by atoms with Crippen LogP contribution in [0.3, 0.4) is 0 Å². The number of carbonyl (C=O) groups is 2. The van der Waals surface area contributed by atoms with Crippen LogP contribution in [0.1, 0.15) is 28.3 Å². The van der Waals surface area contributed by atoms with Crippen molar-refractivity contribution in [2.24, 2.45) is 0 Å². The van der Waals surface area contributed by atoms with E-state index in [0.29, 0.717) is 51.0 Å². The van der Waals surface area contributed by atoms with Gasteiger partial charge < -0.3 is 14.6 Å². The molecule has 0 spiro atoms. The highest BCUT2D eigenvalue weighted by molar-refractivity contribution is 8.00. The fourth-order valence-electron chi connectivity index (χ4n) is 4.52. The Morgan fingerprint density at radius 2 is 1.75 bits per heavy atom. The topological polar surface area (TPSA) is 102 Å². The Morgan fingerprint density at radius 1 is 1.02 bits per heavy atom. The zero-order chi connectivity index (χ0) is 27.8. The van der Waals surface area contributed by atoms with Crippen molar-refractivity contribution >= 4 is 57.3 Å². The van der Waals surface area contributed by atoms with Crippen LogP contribution in [0.2, 0.25) is 5.02 Å². The number of aromatic nitrogens is 2. The Bertz CT molecular complexity index is 1640. The molecule has 4 aromatic rings. The number of ketones is 1. The third kappa shape index (κ3) is 5.05. The minimum absolute atomic E-state index is 0.0314. The number of aliphatic hydroxyl groups excluding tert-OH is 1. The van der Waals surface area contributed by atoms with Crippen molar-refractivity contribution in [3.05, 3.63) is 99.6 Å². The van der Waals surface area contributed by atoms with Gasteiger partial charge in [0, 0.05) is 16.3 Å². The first-order valence-electron chi connectivity index (χ1n) is 12.4. The normalized spacial score (nSPS) is 17.9. The number of ether oxygens (including phenoxy) is 2. The summed E-state index contributed by atoms with van der Waals surface area (Å²) in [6.45, 7) is 2.75. The molecule has 1 unspecified atom stereocenters. The number of fused-ring (bicyclic) bond motifs is 1. The summed E-state index contributed by atoms with van der Waals surface area (Å²) in [5.41, 5.74) is 3.05. The lowest BCUT2D eigenvalue weighted by Gasteiger charge is -2.23. The van der Waals surface area contributed by atoms with E-state index in [-0.39, 0.29) is 16.5 Å². The van der Waals surface area contributed by atoms with Crippen molar-refractivity contribution in [3.63, 3.8) is 0 Å². The highest BCUT2D eigenvalue weighted by atomic mass is 35.5. The first kappa shape index (κ1) is 26.4. The largest absolute Gasteiger partial charge is 0.507 e. The van der Waals surface area contributed by atoms with Gasteiger partial charge in [0.15, 0.2) is 15.8 Å². The molecule has 202 valence electrons. The van der Waals surface area contributed by atoms with Gasteiger partial charge in [-0.1, -0.05) is 76.7 Å². The summed E-state index contributed by atoms with van der Waals surface area (Å²) in [6, 6.07) is 19.0. The zero-order valence-corrected chi connectivity index (χ0v) is 23.6. The van der Waals surface area contributed by atoms with E-state index in [2.05, 4.69) is 10.2 Å². The molecule has 3 aromatic carbocycles. The highest BCUT2D eigenvalue weighted by Crippen LogP contribution is 2.45. The summed E-state index contributed by atoms with van der Waals surface area (Å²) in [4.78, 5) is 28.2. The molecule has 1 saturated heterocycles. The Morgan fingerprint density at radius 3 is 2.50 bits per heavy atom. The van der Waals surface area contributed by atoms with E-state index in [1.807, 2.05) is 55.5 Å². The predicted octanol–water partition coefficient (Wildman–Crippen LogP) is 6.19. The van der Waals surface area contributed by atoms with Crippen LogP contribution >= 0.6 is 34.7 Å². The number of aryl methyl sites for hydroxylation is 1. The first-order chi connectivity index (χ1) is 19.4. The van der Waals surface area contributed by atoms with E-state index < -0.39 is 17.7 Å². The highest BCUT2D eigenvalue weighted by Gasteiger charge is 2.48. The van der Waals surface area contributed by atoms with Crippen LogP contribution in [0.25, 0.3) is 5.76 Å². The van der Waals surface area contributed by atoms with Crippen LogP contribution in [-0.2, 0) is 15.3 Å². The van der Waals surface area contributed by atoms with Crippen LogP contribution in [-0.4, -0.2) is 40.2 Å². The number of hydrogen-bond acceptors (Lipinski definition) is 9. The Hall–Kier alpha value is -3.86. The molecule has 40 heavy (non-hydrogen) atoms. The van der Waals surface area contributed by atoms with Crippen molar-refractivity contribution in [3.8, 4) is 11.5 Å². The van der Waals surface area contributed by atoms with Crippen molar-refractivity contribution in [1.82, 2.24) is 10.2 Å². The number of thioether (sulfide) groups is 1. The number of anilines is 1. The summed E-state index contributed by atoms with van der Waals surface area (Å²) < 4.78 is 11.9. The molecule has 1 amide bonds. The molecule has 1 atom stereocenters. The van der Waals surface area contributed by atoms with Gasteiger partial charge in [-0.25, -0.2) is 0 Å². The lowest BCUT2D eigenvalue weighted by molar-refractivity contribution is -0.132. The number of Topliss-reactive ketones (excluding diaryl/α,β-unsaturated/α-hetero) is 1. The van der Waals surface area contributed by atoms with E-state index >= 15 is 0 Å². The molecule has 1 N–H and O–H groups in total. The molecule has 6 rings (SSSR count). The second kappa shape index (κ2) is 11.0. The number of hydrogen-bond donors (Lipinski definition) is 1. The zero-order valence-electron chi connectivity index (χ0n) is 21.2. The third-order valence-corrected chi connectivity index (χ3v) is 8.91. The van der Waals surface area contributed by atoms with Gasteiger partial charge in [0.1, 0.15) is 19.0 Å². The number of benzene rings is 3. The minimum atomic E-state index is -0.893. The Labute approximate surface area is 243 Å². The number of rotatable bonds is 6. The molecule has 2 aliphatic rings. The second-order valence-electron chi connectivity index (χ2n) is 9.20. The van der Waals surface area contributed by atoms with Crippen molar-refractivity contribution < 1.29 is 24.2 Å². The maximum Gasteiger partial charge on any atom is 0.301 e. The van der Waals surface area contributed by atoms with Crippen LogP contribution < -0.4 is 14.4 Å². The van der Waals surface area contributed by atoms with E-state index in [1.54, 1.807) is 18.2 Å². The molecule has 0 radical (unpaired) electrons. The molecule has 0 saturated carbocycles. The molecule has 11 heteroatoms. The summed E-state index contributed by atoms with van der Waals surface area (Å²) in [5.74, 6) is -0.238. The van der Waals surface area contributed by atoms with Gasteiger partial charge in [0.2, 0.25) is 5.13 Å². The smallest absolute Gasteiger partial charge is 0.301 e.